The summed E-state index contributed by atoms with van der Waals surface area (Å²) in [6.45, 7) is 0. The van der Waals surface area contributed by atoms with Gasteiger partial charge in [-0.1, -0.05) is 11.1 Å². The highest BCUT2D eigenvalue weighted by Crippen LogP contribution is 2.31. The molecule has 5 heteroatoms. The van der Waals surface area contributed by atoms with Crippen molar-refractivity contribution in [1.82, 2.24) is 0 Å². The Balaban J connectivity index is 2.52. The van der Waals surface area contributed by atoms with Gasteiger partial charge in [0.05, 0.1) is 5.60 Å². The van der Waals surface area contributed by atoms with Crippen LogP contribution in [0.1, 0.15) is 6.42 Å². The van der Waals surface area contributed by atoms with Crippen molar-refractivity contribution < 1.29 is 13.5 Å². The van der Waals surface area contributed by atoms with E-state index in [1.807, 2.05) is 0 Å². The second-order valence-electron chi connectivity index (χ2n) is 2.64. The maximum absolute atomic E-state index is 10.4. The van der Waals surface area contributed by atoms with E-state index in [0.29, 0.717) is 0 Å². The van der Waals surface area contributed by atoms with Crippen molar-refractivity contribution in [2.24, 2.45) is 0 Å². The van der Waals surface area contributed by atoms with Gasteiger partial charge in [-0.05, 0) is 12.2 Å². The van der Waals surface area contributed by atoms with Crippen LogP contribution in [0.4, 0.5) is 0 Å². The molecule has 1 aliphatic heterocycles. The number of methoxy groups -OCH3 is 1. The van der Waals surface area contributed by atoms with Gasteiger partial charge in [0.1, 0.15) is 0 Å². The van der Waals surface area contributed by atoms with Gasteiger partial charge in [-0.3, -0.25) is 4.21 Å². The molecule has 0 aliphatic carbocycles. The Labute approximate surface area is 73.2 Å². The molecular formula is C6H11O3S2-. The SMILES string of the molecule is COC1(CS(=O)[O-])CCSC1. The molecular weight excluding hydrogens is 184 g/mol. The van der Waals surface area contributed by atoms with Crippen LogP contribution in [0.5, 0.6) is 0 Å². The number of hydrogen-bond acceptors (Lipinski definition) is 4. The highest BCUT2D eigenvalue weighted by Gasteiger charge is 2.34. The van der Waals surface area contributed by atoms with E-state index >= 15 is 0 Å². The Morgan fingerprint density at radius 2 is 2.55 bits per heavy atom. The first kappa shape index (κ1) is 9.51. The number of hydrogen-bond donors (Lipinski definition) is 0. The summed E-state index contributed by atoms with van der Waals surface area (Å²) in [6, 6.07) is 0. The molecule has 1 rings (SSSR count). The summed E-state index contributed by atoms with van der Waals surface area (Å²) in [6.07, 6.45) is 0.849. The number of thioether (sulfide) groups is 1. The van der Waals surface area contributed by atoms with E-state index in [9.17, 15) is 8.76 Å². The minimum Gasteiger partial charge on any atom is -0.772 e. The Morgan fingerprint density at radius 3 is 2.91 bits per heavy atom. The highest BCUT2D eigenvalue weighted by atomic mass is 32.2. The summed E-state index contributed by atoms with van der Waals surface area (Å²) >= 11 is -0.234. The van der Waals surface area contributed by atoms with E-state index in [2.05, 4.69) is 0 Å². The summed E-state index contributed by atoms with van der Waals surface area (Å²) in [4.78, 5) is 0. The normalized spacial score (nSPS) is 34.0. The van der Waals surface area contributed by atoms with Gasteiger partial charge in [0.25, 0.3) is 0 Å². The lowest BCUT2D eigenvalue weighted by molar-refractivity contribution is 0.0323. The van der Waals surface area contributed by atoms with Crippen molar-refractivity contribution in [3.05, 3.63) is 0 Å². The van der Waals surface area contributed by atoms with Crippen LogP contribution in [0.25, 0.3) is 0 Å². The first-order chi connectivity index (χ1) is 5.18. The first-order valence-corrected chi connectivity index (χ1v) is 5.77. The van der Waals surface area contributed by atoms with Gasteiger partial charge < -0.3 is 9.29 Å². The molecule has 0 amide bonds. The van der Waals surface area contributed by atoms with E-state index in [-0.39, 0.29) is 5.75 Å². The predicted molar refractivity (Wildman–Crippen MR) is 45.5 cm³/mol. The smallest absolute Gasteiger partial charge is 0.0880 e. The summed E-state index contributed by atoms with van der Waals surface area (Å²) in [7, 11) is 1.58. The quantitative estimate of drug-likeness (QED) is 0.611. The molecule has 0 spiro atoms. The van der Waals surface area contributed by atoms with Gasteiger partial charge in [0.2, 0.25) is 0 Å². The van der Waals surface area contributed by atoms with Gasteiger partial charge >= 0.3 is 0 Å². The molecule has 1 fully saturated rings. The van der Waals surface area contributed by atoms with Gasteiger partial charge in [0, 0.05) is 18.6 Å². The fourth-order valence-electron chi connectivity index (χ4n) is 1.14. The van der Waals surface area contributed by atoms with E-state index in [0.717, 1.165) is 17.9 Å². The lowest BCUT2D eigenvalue weighted by Gasteiger charge is -2.27. The third kappa shape index (κ3) is 2.43. The topological polar surface area (TPSA) is 49.4 Å². The van der Waals surface area contributed by atoms with Crippen LogP contribution in [0.2, 0.25) is 0 Å². The van der Waals surface area contributed by atoms with E-state index < -0.39 is 16.7 Å². The zero-order chi connectivity index (χ0) is 8.32. The number of rotatable bonds is 3. The fourth-order valence-corrected chi connectivity index (χ4v) is 3.46. The van der Waals surface area contributed by atoms with Crippen molar-refractivity contribution in [2.45, 2.75) is 12.0 Å². The summed E-state index contributed by atoms with van der Waals surface area (Å²) < 4.78 is 26.1. The molecule has 0 saturated carbocycles. The van der Waals surface area contributed by atoms with Crippen molar-refractivity contribution in [3.8, 4) is 0 Å². The average Bonchev–Trinajstić information content (AvgIpc) is 2.36. The van der Waals surface area contributed by atoms with Crippen molar-refractivity contribution in [1.29, 1.82) is 0 Å². The lowest BCUT2D eigenvalue weighted by Crippen LogP contribution is -2.37. The zero-order valence-corrected chi connectivity index (χ0v) is 8.00. The third-order valence-electron chi connectivity index (χ3n) is 1.88. The Bertz CT molecular complexity index is 154. The Kier molecular flexibility index (Phi) is 3.36. The average molecular weight is 195 g/mol. The van der Waals surface area contributed by atoms with Crippen LogP contribution in [0.15, 0.2) is 0 Å². The summed E-state index contributed by atoms with van der Waals surface area (Å²) in [5.74, 6) is 1.94. The molecule has 0 bridgehead atoms. The molecule has 11 heavy (non-hydrogen) atoms. The van der Waals surface area contributed by atoms with Crippen LogP contribution in [-0.2, 0) is 15.8 Å². The third-order valence-corrected chi connectivity index (χ3v) is 3.87. The molecule has 0 N–H and O–H groups in total. The molecule has 3 nitrogen and oxygen atoms in total. The largest absolute Gasteiger partial charge is 0.772 e. The molecule has 1 saturated heterocycles. The van der Waals surface area contributed by atoms with Crippen LogP contribution in [-0.4, -0.2) is 38.7 Å². The molecule has 2 unspecified atom stereocenters. The first-order valence-electron chi connectivity index (χ1n) is 3.37. The molecule has 1 aliphatic rings. The maximum Gasteiger partial charge on any atom is 0.0880 e. The van der Waals surface area contributed by atoms with Crippen LogP contribution < -0.4 is 0 Å². The lowest BCUT2D eigenvalue weighted by atomic mass is 10.1. The minimum atomic E-state index is -1.98. The van der Waals surface area contributed by atoms with E-state index in [4.69, 9.17) is 4.74 Å². The predicted octanol–water partition coefficient (Wildman–Crippen LogP) is 0.388. The standard InChI is InChI=1S/C6H12O3S2/c1-9-6(5-11(7)8)2-3-10-4-6/h2-5H2,1H3,(H,7,8)/p-1. The fraction of sp³-hybridized carbons (Fsp3) is 1.00. The summed E-state index contributed by atoms with van der Waals surface area (Å²) in [5.41, 5.74) is -0.392. The van der Waals surface area contributed by atoms with Gasteiger partial charge in [-0.2, -0.15) is 11.8 Å². The molecule has 0 aromatic carbocycles. The van der Waals surface area contributed by atoms with Crippen LogP contribution in [0.3, 0.4) is 0 Å². The van der Waals surface area contributed by atoms with Crippen molar-refractivity contribution in [3.63, 3.8) is 0 Å². The second-order valence-corrected chi connectivity index (χ2v) is 4.64. The molecule has 2 atom stereocenters. The molecule has 66 valence electrons. The number of ether oxygens (including phenoxy) is 1. The molecule has 0 radical (unpaired) electrons. The van der Waals surface area contributed by atoms with Crippen LogP contribution >= 0.6 is 11.8 Å². The Hall–Kier alpha value is 0.420. The minimum absolute atomic E-state index is 0.135. The Morgan fingerprint density at radius 1 is 1.82 bits per heavy atom. The van der Waals surface area contributed by atoms with Gasteiger partial charge in [-0.25, -0.2) is 0 Å². The van der Waals surface area contributed by atoms with E-state index in [1.165, 1.54) is 0 Å². The highest BCUT2D eigenvalue weighted by molar-refractivity contribution is 7.99. The van der Waals surface area contributed by atoms with Crippen LogP contribution in [0, 0.1) is 0 Å². The maximum atomic E-state index is 10.4. The van der Waals surface area contributed by atoms with Gasteiger partial charge in [-0.15, -0.1) is 0 Å². The zero-order valence-electron chi connectivity index (χ0n) is 6.37. The summed E-state index contributed by atoms with van der Waals surface area (Å²) in [5, 5.41) is 0. The second kappa shape index (κ2) is 3.89. The molecule has 1 heterocycles. The van der Waals surface area contributed by atoms with E-state index in [1.54, 1.807) is 18.9 Å². The van der Waals surface area contributed by atoms with Crippen molar-refractivity contribution in [2.75, 3.05) is 24.4 Å². The molecule has 0 aromatic heterocycles. The monoisotopic (exact) mass is 195 g/mol. The van der Waals surface area contributed by atoms with Gasteiger partial charge in [0.15, 0.2) is 0 Å². The molecule has 0 aromatic rings. The van der Waals surface area contributed by atoms with Crippen molar-refractivity contribution >= 4 is 22.8 Å².